The van der Waals surface area contributed by atoms with E-state index >= 15 is 0 Å². The largest absolute Gasteiger partial charge is 0.293 e. The molecule has 6 nitrogen and oxygen atoms in total. The summed E-state index contributed by atoms with van der Waals surface area (Å²) in [6, 6.07) is 9.55. The Morgan fingerprint density at radius 2 is 1.93 bits per heavy atom. The highest BCUT2D eigenvalue weighted by atomic mass is 32.1. The predicted octanol–water partition coefficient (Wildman–Crippen LogP) is 3.55. The molecule has 5 aromatic rings. The molecule has 0 fully saturated rings. The first-order chi connectivity index (χ1) is 13.6. The molecular weight excluding hydrogens is 392 g/mol. The van der Waals surface area contributed by atoms with Gasteiger partial charge in [-0.25, -0.2) is 9.97 Å². The van der Waals surface area contributed by atoms with Gasteiger partial charge in [-0.1, -0.05) is 29.8 Å². The molecule has 0 saturated heterocycles. The fourth-order valence-electron chi connectivity index (χ4n) is 3.17. The van der Waals surface area contributed by atoms with E-state index in [9.17, 15) is 9.59 Å². The molecule has 0 unspecified atom stereocenters. The average Bonchev–Trinajstić information content (AvgIpc) is 3.32. The molecule has 0 N–H and O–H groups in total. The summed E-state index contributed by atoms with van der Waals surface area (Å²) >= 11 is 2.84. The van der Waals surface area contributed by atoms with E-state index in [4.69, 9.17) is 0 Å². The van der Waals surface area contributed by atoms with Crippen molar-refractivity contribution in [1.29, 1.82) is 0 Å². The summed E-state index contributed by atoms with van der Waals surface area (Å²) in [6.07, 6.45) is 3.22. The molecule has 0 aliphatic carbocycles. The van der Waals surface area contributed by atoms with E-state index in [0.717, 1.165) is 11.1 Å². The zero-order chi connectivity index (χ0) is 19.3. The molecular formula is C20H14N4O2S2. The van der Waals surface area contributed by atoms with Crippen molar-refractivity contribution in [2.24, 2.45) is 0 Å². The SMILES string of the molecule is Cc1ccc(-c2csc3ncn(Cc4cc(=O)n5ccsc5n4)c(=O)c23)cc1. The minimum absolute atomic E-state index is 0.130. The van der Waals surface area contributed by atoms with Crippen LogP contribution in [-0.2, 0) is 6.54 Å². The van der Waals surface area contributed by atoms with Crippen LogP contribution in [-0.4, -0.2) is 18.9 Å². The fraction of sp³-hybridized carbons (Fsp3) is 0.100. The summed E-state index contributed by atoms with van der Waals surface area (Å²) in [5, 5.41) is 4.38. The second-order valence-electron chi connectivity index (χ2n) is 6.51. The van der Waals surface area contributed by atoms with E-state index < -0.39 is 0 Å². The van der Waals surface area contributed by atoms with Crippen molar-refractivity contribution in [3.05, 3.63) is 85.6 Å². The van der Waals surface area contributed by atoms with Crippen LogP contribution in [0.4, 0.5) is 0 Å². The molecule has 0 aliphatic rings. The van der Waals surface area contributed by atoms with E-state index in [0.29, 0.717) is 20.9 Å². The van der Waals surface area contributed by atoms with E-state index in [-0.39, 0.29) is 17.7 Å². The minimum Gasteiger partial charge on any atom is -0.293 e. The summed E-state index contributed by atoms with van der Waals surface area (Å²) < 4.78 is 3.01. The second-order valence-corrected chi connectivity index (χ2v) is 8.25. The molecule has 5 rings (SSSR count). The summed E-state index contributed by atoms with van der Waals surface area (Å²) in [6.45, 7) is 2.23. The lowest BCUT2D eigenvalue weighted by Crippen LogP contribution is -2.23. The molecule has 28 heavy (non-hydrogen) atoms. The molecule has 4 heterocycles. The van der Waals surface area contributed by atoms with Crippen molar-refractivity contribution in [3.63, 3.8) is 0 Å². The van der Waals surface area contributed by atoms with Gasteiger partial charge in [-0.05, 0) is 12.5 Å². The zero-order valence-corrected chi connectivity index (χ0v) is 16.5. The number of thiophene rings is 1. The number of benzene rings is 1. The van der Waals surface area contributed by atoms with Gasteiger partial charge in [-0.2, -0.15) is 0 Å². The third kappa shape index (κ3) is 2.78. The molecule has 138 valence electrons. The number of aromatic nitrogens is 4. The molecule has 0 atom stereocenters. The van der Waals surface area contributed by atoms with E-state index in [1.165, 1.54) is 49.6 Å². The molecule has 0 amide bonds. The highest BCUT2D eigenvalue weighted by Crippen LogP contribution is 2.30. The molecule has 0 saturated carbocycles. The normalized spacial score (nSPS) is 11.5. The minimum atomic E-state index is -0.154. The zero-order valence-electron chi connectivity index (χ0n) is 14.8. The Hall–Kier alpha value is -3.10. The Morgan fingerprint density at radius 3 is 2.75 bits per heavy atom. The van der Waals surface area contributed by atoms with Crippen LogP contribution >= 0.6 is 22.7 Å². The lowest BCUT2D eigenvalue weighted by atomic mass is 10.1. The molecule has 8 heteroatoms. The smallest absolute Gasteiger partial charge is 0.263 e. The molecule has 0 bridgehead atoms. The second kappa shape index (κ2) is 6.50. The highest BCUT2D eigenvalue weighted by molar-refractivity contribution is 7.17. The highest BCUT2D eigenvalue weighted by Gasteiger charge is 2.14. The number of hydrogen-bond donors (Lipinski definition) is 0. The van der Waals surface area contributed by atoms with Gasteiger partial charge in [0.05, 0.1) is 24.0 Å². The van der Waals surface area contributed by atoms with Gasteiger partial charge in [0.2, 0.25) is 0 Å². The van der Waals surface area contributed by atoms with Crippen LogP contribution in [0.3, 0.4) is 0 Å². The molecule has 1 aromatic carbocycles. The quantitative estimate of drug-likeness (QED) is 0.459. The maximum absolute atomic E-state index is 13.2. The van der Waals surface area contributed by atoms with Crippen molar-refractivity contribution in [2.45, 2.75) is 13.5 Å². The van der Waals surface area contributed by atoms with Gasteiger partial charge < -0.3 is 0 Å². The first kappa shape index (κ1) is 17.0. The Kier molecular flexibility index (Phi) is 3.96. The lowest BCUT2D eigenvalue weighted by molar-refractivity contribution is 0.729. The maximum atomic E-state index is 13.2. The van der Waals surface area contributed by atoms with Crippen LogP contribution in [0.25, 0.3) is 26.3 Å². The average molecular weight is 406 g/mol. The van der Waals surface area contributed by atoms with Gasteiger partial charge in [-0.3, -0.25) is 18.6 Å². The number of nitrogens with zero attached hydrogens (tertiary/aromatic N) is 4. The van der Waals surface area contributed by atoms with Crippen molar-refractivity contribution in [2.75, 3.05) is 0 Å². The number of fused-ring (bicyclic) bond motifs is 2. The number of rotatable bonds is 3. The van der Waals surface area contributed by atoms with Crippen LogP contribution < -0.4 is 11.1 Å². The Labute approximate surface area is 167 Å². The van der Waals surface area contributed by atoms with Crippen LogP contribution in [0.1, 0.15) is 11.3 Å². The first-order valence-corrected chi connectivity index (χ1v) is 10.4. The number of aryl methyl sites for hydroxylation is 1. The summed E-state index contributed by atoms with van der Waals surface area (Å²) in [4.78, 5) is 35.6. The molecule has 4 aromatic heterocycles. The monoisotopic (exact) mass is 406 g/mol. The number of hydrogen-bond acceptors (Lipinski definition) is 6. The van der Waals surface area contributed by atoms with Crippen molar-refractivity contribution < 1.29 is 0 Å². The molecule has 0 aliphatic heterocycles. The van der Waals surface area contributed by atoms with Gasteiger partial charge in [-0.15, -0.1) is 22.7 Å². The van der Waals surface area contributed by atoms with Crippen LogP contribution in [0.5, 0.6) is 0 Å². The Bertz CT molecular complexity index is 1440. The van der Waals surface area contributed by atoms with Gasteiger partial charge in [0.25, 0.3) is 11.1 Å². The topological polar surface area (TPSA) is 69.3 Å². The standard InChI is InChI=1S/C20H14N4O2S2/c1-12-2-4-13(5-3-12)15-10-28-18-17(15)19(26)23(11-21-18)9-14-8-16(25)24-6-7-27-20(24)22-14/h2-8,10-11H,9H2,1H3. The summed E-state index contributed by atoms with van der Waals surface area (Å²) in [7, 11) is 0. The summed E-state index contributed by atoms with van der Waals surface area (Å²) in [5.41, 5.74) is 3.30. The third-order valence-corrected chi connectivity index (χ3v) is 6.25. The Morgan fingerprint density at radius 1 is 1.11 bits per heavy atom. The summed E-state index contributed by atoms with van der Waals surface area (Å²) in [5.74, 6) is 0. The van der Waals surface area contributed by atoms with Crippen molar-refractivity contribution in [1.82, 2.24) is 18.9 Å². The maximum Gasteiger partial charge on any atom is 0.263 e. The van der Waals surface area contributed by atoms with Gasteiger partial charge >= 0.3 is 0 Å². The lowest BCUT2D eigenvalue weighted by Gasteiger charge is -2.06. The van der Waals surface area contributed by atoms with Crippen molar-refractivity contribution in [3.8, 4) is 11.1 Å². The molecule has 0 spiro atoms. The van der Waals surface area contributed by atoms with Crippen molar-refractivity contribution >= 4 is 37.9 Å². The van der Waals surface area contributed by atoms with Crippen LogP contribution in [0.15, 0.2) is 63.2 Å². The van der Waals surface area contributed by atoms with Gasteiger partial charge in [0, 0.05) is 28.6 Å². The molecule has 0 radical (unpaired) electrons. The van der Waals surface area contributed by atoms with E-state index in [2.05, 4.69) is 9.97 Å². The van der Waals surface area contributed by atoms with Crippen LogP contribution in [0, 0.1) is 6.92 Å². The fourth-order valence-corrected chi connectivity index (χ4v) is 4.81. The number of thiazole rings is 1. The Balaban J connectivity index is 1.63. The van der Waals surface area contributed by atoms with Gasteiger partial charge in [0.1, 0.15) is 4.83 Å². The third-order valence-electron chi connectivity index (χ3n) is 4.61. The van der Waals surface area contributed by atoms with Crippen LogP contribution in [0.2, 0.25) is 0 Å². The first-order valence-electron chi connectivity index (χ1n) is 8.59. The predicted molar refractivity (Wildman–Crippen MR) is 112 cm³/mol. The van der Waals surface area contributed by atoms with Gasteiger partial charge in [0.15, 0.2) is 4.96 Å². The van der Waals surface area contributed by atoms with E-state index in [1.807, 2.05) is 41.9 Å². The van der Waals surface area contributed by atoms with E-state index in [1.54, 1.807) is 6.20 Å².